The number of thiophene rings is 1. The smallest absolute Gasteiger partial charge is 0.237 e. The van der Waals surface area contributed by atoms with E-state index in [-0.39, 0.29) is 30.4 Å². The zero-order valence-corrected chi connectivity index (χ0v) is 19.0. The lowest BCUT2D eigenvalue weighted by molar-refractivity contribution is -0.131. The molecule has 0 bridgehead atoms. The third-order valence-corrected chi connectivity index (χ3v) is 6.79. The topological polar surface area (TPSA) is 50.8 Å². The van der Waals surface area contributed by atoms with Crippen LogP contribution in [0, 0.1) is 5.82 Å². The van der Waals surface area contributed by atoms with Crippen LogP contribution in [0.3, 0.4) is 0 Å². The van der Waals surface area contributed by atoms with E-state index < -0.39 is 0 Å². The Balaban J connectivity index is 1.52. The van der Waals surface area contributed by atoms with Crippen LogP contribution in [0.5, 0.6) is 11.5 Å². The molecule has 5 nitrogen and oxygen atoms in total. The molecule has 1 aliphatic rings. The summed E-state index contributed by atoms with van der Waals surface area (Å²) in [6.45, 7) is 0.883. The van der Waals surface area contributed by atoms with Crippen molar-refractivity contribution in [2.75, 3.05) is 27.3 Å². The molecule has 0 radical (unpaired) electrons. The number of amides is 1. The number of carbonyl (C=O) groups is 1. The van der Waals surface area contributed by atoms with E-state index in [0.29, 0.717) is 6.54 Å². The minimum absolute atomic E-state index is 0.0287. The Morgan fingerprint density at radius 3 is 2.69 bits per heavy atom. The maximum absolute atomic E-state index is 13.4. The van der Waals surface area contributed by atoms with Gasteiger partial charge in [-0.05, 0) is 60.2 Å². The summed E-state index contributed by atoms with van der Waals surface area (Å²) >= 11 is 1.61. The lowest BCUT2D eigenvalue weighted by atomic mass is 10.0. The van der Waals surface area contributed by atoms with Crippen LogP contribution in [0.4, 0.5) is 4.39 Å². The molecule has 0 saturated carbocycles. The van der Waals surface area contributed by atoms with E-state index in [0.717, 1.165) is 40.3 Å². The Morgan fingerprint density at radius 1 is 1.19 bits per heavy atom. The van der Waals surface area contributed by atoms with Crippen LogP contribution in [0.2, 0.25) is 0 Å². The molecule has 1 aliphatic heterocycles. The SMILES string of the molecule is COc1ccc(OC)c([C@@H]2CCCN2C(=O)CN[C@@H](c2ccc(F)cc2)c2cccs2)c1. The van der Waals surface area contributed by atoms with Crippen LogP contribution in [0.1, 0.15) is 40.9 Å². The predicted molar refractivity (Wildman–Crippen MR) is 124 cm³/mol. The van der Waals surface area contributed by atoms with Crippen molar-refractivity contribution >= 4 is 17.2 Å². The fourth-order valence-corrected chi connectivity index (χ4v) is 5.10. The Labute approximate surface area is 191 Å². The fourth-order valence-electron chi connectivity index (χ4n) is 4.27. The van der Waals surface area contributed by atoms with Gasteiger partial charge in [-0.2, -0.15) is 0 Å². The van der Waals surface area contributed by atoms with Crippen molar-refractivity contribution < 1.29 is 18.7 Å². The highest BCUT2D eigenvalue weighted by atomic mass is 32.1. The molecule has 1 N–H and O–H groups in total. The summed E-state index contributed by atoms with van der Waals surface area (Å²) in [6.07, 6.45) is 1.81. The Bertz CT molecular complexity index is 1040. The number of nitrogens with one attached hydrogen (secondary N) is 1. The molecule has 2 atom stereocenters. The molecule has 4 rings (SSSR count). The monoisotopic (exact) mass is 454 g/mol. The van der Waals surface area contributed by atoms with Gasteiger partial charge in [-0.15, -0.1) is 11.3 Å². The zero-order valence-electron chi connectivity index (χ0n) is 18.2. The molecule has 0 spiro atoms. The molecule has 1 saturated heterocycles. The van der Waals surface area contributed by atoms with Crippen LogP contribution >= 0.6 is 11.3 Å². The molecule has 1 fully saturated rings. The van der Waals surface area contributed by atoms with Crippen LogP contribution < -0.4 is 14.8 Å². The van der Waals surface area contributed by atoms with E-state index in [1.807, 2.05) is 40.6 Å². The number of hydrogen-bond acceptors (Lipinski definition) is 5. The standard InChI is InChI=1S/C25H27FN2O3S/c1-30-19-11-12-22(31-2)20(15-19)21-5-3-13-28(21)24(29)16-27-25(23-6-4-14-32-23)17-7-9-18(26)10-8-17/h4,6-12,14-15,21,25,27H,3,5,13,16H2,1-2H3/t21-,25-/m0/s1. The summed E-state index contributed by atoms with van der Waals surface area (Å²) in [6, 6.07) is 15.9. The first-order chi connectivity index (χ1) is 15.6. The van der Waals surface area contributed by atoms with E-state index in [1.165, 1.54) is 12.1 Å². The number of nitrogens with zero attached hydrogens (tertiary/aromatic N) is 1. The molecule has 0 unspecified atom stereocenters. The Hall–Kier alpha value is -2.90. The first-order valence-electron chi connectivity index (χ1n) is 10.6. The predicted octanol–water partition coefficient (Wildman–Crippen LogP) is 4.95. The maximum atomic E-state index is 13.4. The van der Waals surface area contributed by atoms with Gasteiger partial charge in [0.15, 0.2) is 0 Å². The number of rotatable bonds is 8. The second-order valence-electron chi connectivity index (χ2n) is 7.73. The summed E-state index contributed by atoms with van der Waals surface area (Å²) in [7, 11) is 3.27. The molecule has 1 amide bonds. The van der Waals surface area contributed by atoms with Crippen molar-refractivity contribution in [1.29, 1.82) is 0 Å². The second-order valence-corrected chi connectivity index (χ2v) is 8.71. The van der Waals surface area contributed by atoms with Crippen molar-refractivity contribution in [2.45, 2.75) is 24.9 Å². The minimum Gasteiger partial charge on any atom is -0.497 e. The molecule has 32 heavy (non-hydrogen) atoms. The van der Waals surface area contributed by atoms with Crippen LogP contribution in [-0.2, 0) is 4.79 Å². The largest absolute Gasteiger partial charge is 0.497 e. The van der Waals surface area contributed by atoms with Crippen molar-refractivity contribution in [3.8, 4) is 11.5 Å². The Kier molecular flexibility index (Phi) is 7.07. The molecule has 3 aromatic rings. The van der Waals surface area contributed by atoms with Gasteiger partial charge in [0, 0.05) is 17.0 Å². The van der Waals surface area contributed by atoms with E-state index >= 15 is 0 Å². The van der Waals surface area contributed by atoms with Gasteiger partial charge in [-0.25, -0.2) is 4.39 Å². The molecule has 7 heteroatoms. The maximum Gasteiger partial charge on any atom is 0.237 e. The minimum atomic E-state index is -0.276. The lowest BCUT2D eigenvalue weighted by Crippen LogP contribution is -2.39. The number of ether oxygens (including phenoxy) is 2. The fraction of sp³-hybridized carbons (Fsp3) is 0.320. The molecule has 1 aromatic heterocycles. The molecular weight excluding hydrogens is 427 g/mol. The molecule has 0 aliphatic carbocycles. The van der Waals surface area contributed by atoms with Crippen molar-refractivity contribution in [3.63, 3.8) is 0 Å². The number of halogens is 1. The van der Waals surface area contributed by atoms with E-state index in [2.05, 4.69) is 5.32 Å². The number of methoxy groups -OCH3 is 2. The van der Waals surface area contributed by atoms with Gasteiger partial charge in [-0.3, -0.25) is 10.1 Å². The van der Waals surface area contributed by atoms with E-state index in [1.54, 1.807) is 37.7 Å². The summed E-state index contributed by atoms with van der Waals surface area (Å²) < 4.78 is 24.4. The zero-order chi connectivity index (χ0) is 22.5. The van der Waals surface area contributed by atoms with Crippen LogP contribution in [0.25, 0.3) is 0 Å². The summed E-state index contributed by atoms with van der Waals surface area (Å²) in [4.78, 5) is 16.3. The van der Waals surface area contributed by atoms with Gasteiger partial charge in [0.1, 0.15) is 17.3 Å². The first-order valence-corrected chi connectivity index (χ1v) is 11.5. The highest BCUT2D eigenvalue weighted by Gasteiger charge is 2.32. The van der Waals surface area contributed by atoms with Crippen LogP contribution in [0.15, 0.2) is 60.0 Å². The second kappa shape index (κ2) is 10.1. The van der Waals surface area contributed by atoms with Crippen molar-refractivity contribution in [2.24, 2.45) is 0 Å². The summed E-state index contributed by atoms with van der Waals surface area (Å²) in [5.74, 6) is 1.25. The van der Waals surface area contributed by atoms with Gasteiger partial charge < -0.3 is 14.4 Å². The number of hydrogen-bond donors (Lipinski definition) is 1. The van der Waals surface area contributed by atoms with Gasteiger partial charge >= 0.3 is 0 Å². The highest BCUT2D eigenvalue weighted by molar-refractivity contribution is 7.10. The Morgan fingerprint density at radius 2 is 2.00 bits per heavy atom. The van der Waals surface area contributed by atoms with Gasteiger partial charge in [0.25, 0.3) is 0 Å². The third kappa shape index (κ3) is 4.79. The van der Waals surface area contributed by atoms with Crippen LogP contribution in [-0.4, -0.2) is 38.1 Å². The molecule has 2 heterocycles. The van der Waals surface area contributed by atoms with Gasteiger partial charge in [0.2, 0.25) is 5.91 Å². The third-order valence-electron chi connectivity index (χ3n) is 5.86. The van der Waals surface area contributed by atoms with E-state index in [4.69, 9.17) is 9.47 Å². The molecule has 168 valence electrons. The van der Waals surface area contributed by atoms with Crippen molar-refractivity contribution in [3.05, 3.63) is 81.8 Å². The first kappa shape index (κ1) is 22.3. The normalized spacial score (nSPS) is 16.7. The summed E-state index contributed by atoms with van der Waals surface area (Å²) in [5.41, 5.74) is 1.89. The number of benzene rings is 2. The lowest BCUT2D eigenvalue weighted by Gasteiger charge is -2.28. The highest BCUT2D eigenvalue weighted by Crippen LogP contribution is 2.39. The molecular formula is C25H27FN2O3S. The number of likely N-dealkylation sites (tertiary alicyclic amines) is 1. The van der Waals surface area contributed by atoms with Gasteiger partial charge in [0.05, 0.1) is 32.8 Å². The number of carbonyl (C=O) groups excluding carboxylic acids is 1. The van der Waals surface area contributed by atoms with Crippen molar-refractivity contribution in [1.82, 2.24) is 10.2 Å². The summed E-state index contributed by atoms with van der Waals surface area (Å²) in [5, 5.41) is 5.40. The quantitative estimate of drug-likeness (QED) is 0.523. The molecule has 2 aromatic carbocycles. The average Bonchev–Trinajstić information content (AvgIpc) is 3.52. The van der Waals surface area contributed by atoms with E-state index in [9.17, 15) is 9.18 Å². The average molecular weight is 455 g/mol. The van der Waals surface area contributed by atoms with Gasteiger partial charge in [-0.1, -0.05) is 18.2 Å².